The maximum Gasteiger partial charge on any atom is 0.250 e. The van der Waals surface area contributed by atoms with Crippen molar-refractivity contribution in [3.63, 3.8) is 0 Å². The molecular formula is C20H18N2O3S. The molecule has 3 aromatic rings. The maximum atomic E-state index is 12.1. The van der Waals surface area contributed by atoms with Crippen LogP contribution in [0.1, 0.15) is 5.56 Å². The maximum absolute atomic E-state index is 12.1. The average Bonchev–Trinajstić information content (AvgIpc) is 3.15. The summed E-state index contributed by atoms with van der Waals surface area (Å²) in [6.07, 6.45) is 3.22. The number of carbonyl (C=O) groups is 1. The number of benzene rings is 2. The van der Waals surface area contributed by atoms with Crippen LogP contribution in [0, 0.1) is 0 Å². The number of aromatic nitrogens is 1. The Morgan fingerprint density at radius 2 is 1.85 bits per heavy atom. The fourth-order valence-electron chi connectivity index (χ4n) is 2.28. The summed E-state index contributed by atoms with van der Waals surface area (Å²) >= 11 is 1.38. The molecule has 1 aromatic heterocycles. The molecule has 1 amide bonds. The number of amides is 1. The lowest BCUT2D eigenvalue weighted by molar-refractivity contribution is -0.111. The number of nitrogens with one attached hydrogen (secondary N) is 1. The normalized spacial score (nSPS) is 10.7. The molecule has 6 heteroatoms. The van der Waals surface area contributed by atoms with Gasteiger partial charge in [0.15, 0.2) is 5.13 Å². The van der Waals surface area contributed by atoms with Crippen molar-refractivity contribution in [3.8, 4) is 22.8 Å². The molecule has 0 bridgehead atoms. The Morgan fingerprint density at radius 3 is 2.58 bits per heavy atom. The van der Waals surface area contributed by atoms with Gasteiger partial charge in [-0.2, -0.15) is 0 Å². The molecule has 0 saturated heterocycles. The third kappa shape index (κ3) is 4.49. The van der Waals surface area contributed by atoms with E-state index in [0.29, 0.717) is 5.13 Å². The first-order chi connectivity index (χ1) is 12.7. The largest absolute Gasteiger partial charge is 0.497 e. The lowest BCUT2D eigenvalue weighted by atomic mass is 10.2. The van der Waals surface area contributed by atoms with Gasteiger partial charge in [-0.25, -0.2) is 4.98 Å². The summed E-state index contributed by atoms with van der Waals surface area (Å²) in [5.74, 6) is 1.32. The fourth-order valence-corrected chi connectivity index (χ4v) is 3.00. The topological polar surface area (TPSA) is 60.5 Å². The van der Waals surface area contributed by atoms with Gasteiger partial charge in [0, 0.05) is 17.0 Å². The molecule has 0 spiro atoms. The molecule has 0 aliphatic rings. The Balaban J connectivity index is 1.64. The van der Waals surface area contributed by atoms with Gasteiger partial charge in [-0.3, -0.25) is 10.1 Å². The van der Waals surface area contributed by atoms with Crippen molar-refractivity contribution >= 4 is 28.5 Å². The average molecular weight is 366 g/mol. The van der Waals surface area contributed by atoms with Gasteiger partial charge in [0.25, 0.3) is 0 Å². The van der Waals surface area contributed by atoms with Gasteiger partial charge in [-0.05, 0) is 35.9 Å². The van der Waals surface area contributed by atoms with Crippen molar-refractivity contribution < 1.29 is 14.3 Å². The molecule has 0 fully saturated rings. The summed E-state index contributed by atoms with van der Waals surface area (Å²) in [4.78, 5) is 16.5. The summed E-state index contributed by atoms with van der Waals surface area (Å²) in [7, 11) is 3.24. The Kier molecular flexibility index (Phi) is 5.66. The minimum absolute atomic E-state index is 0.229. The van der Waals surface area contributed by atoms with Crippen LogP contribution in [-0.4, -0.2) is 25.1 Å². The highest BCUT2D eigenvalue weighted by Crippen LogP contribution is 2.27. The van der Waals surface area contributed by atoms with Gasteiger partial charge in [0.05, 0.1) is 19.9 Å². The first kappa shape index (κ1) is 17.7. The van der Waals surface area contributed by atoms with Crippen LogP contribution in [0.3, 0.4) is 0 Å². The molecule has 0 saturated carbocycles. The Bertz CT molecular complexity index is 917. The van der Waals surface area contributed by atoms with Crippen LogP contribution in [0.5, 0.6) is 11.5 Å². The third-order valence-corrected chi connectivity index (χ3v) is 4.40. The monoisotopic (exact) mass is 366 g/mol. The van der Waals surface area contributed by atoms with E-state index in [1.54, 1.807) is 20.3 Å². The molecule has 3 rings (SSSR count). The van der Waals surface area contributed by atoms with Gasteiger partial charge < -0.3 is 9.47 Å². The van der Waals surface area contributed by atoms with Crippen LogP contribution in [0.25, 0.3) is 17.3 Å². The number of nitrogens with zero attached hydrogens (tertiary/aromatic N) is 1. The number of thiazole rings is 1. The first-order valence-corrected chi connectivity index (χ1v) is 8.79. The van der Waals surface area contributed by atoms with Gasteiger partial charge >= 0.3 is 0 Å². The predicted molar refractivity (Wildman–Crippen MR) is 105 cm³/mol. The lowest BCUT2D eigenvalue weighted by Gasteiger charge is -2.01. The van der Waals surface area contributed by atoms with Gasteiger partial charge in [0.2, 0.25) is 5.91 Å². The van der Waals surface area contributed by atoms with Gasteiger partial charge in [0.1, 0.15) is 11.5 Å². The van der Waals surface area contributed by atoms with Crippen LogP contribution in [0.2, 0.25) is 0 Å². The van der Waals surface area contributed by atoms with Crippen molar-refractivity contribution in [1.29, 1.82) is 0 Å². The van der Waals surface area contributed by atoms with E-state index in [2.05, 4.69) is 10.3 Å². The summed E-state index contributed by atoms with van der Waals surface area (Å²) < 4.78 is 10.3. The number of rotatable bonds is 6. The van der Waals surface area contributed by atoms with E-state index in [4.69, 9.17) is 9.47 Å². The highest BCUT2D eigenvalue weighted by atomic mass is 32.1. The summed E-state index contributed by atoms with van der Waals surface area (Å²) in [5.41, 5.74) is 2.65. The number of hydrogen-bond acceptors (Lipinski definition) is 5. The van der Waals surface area contributed by atoms with Crippen LogP contribution in [-0.2, 0) is 4.79 Å². The van der Waals surface area contributed by atoms with E-state index in [1.807, 2.05) is 53.9 Å². The highest BCUT2D eigenvalue weighted by molar-refractivity contribution is 7.14. The number of methoxy groups -OCH3 is 2. The van der Waals surface area contributed by atoms with Crippen molar-refractivity contribution in [2.24, 2.45) is 0 Å². The minimum Gasteiger partial charge on any atom is -0.497 e. The first-order valence-electron chi connectivity index (χ1n) is 7.91. The third-order valence-electron chi connectivity index (χ3n) is 3.64. The quantitative estimate of drug-likeness (QED) is 0.654. The number of ether oxygens (including phenoxy) is 2. The molecule has 132 valence electrons. The predicted octanol–water partition coefficient (Wildman–Crippen LogP) is 4.48. The van der Waals surface area contributed by atoms with E-state index in [1.165, 1.54) is 17.4 Å². The molecule has 1 N–H and O–H groups in total. The minimum atomic E-state index is -0.229. The van der Waals surface area contributed by atoms with Gasteiger partial charge in [-0.15, -0.1) is 11.3 Å². The van der Waals surface area contributed by atoms with Crippen molar-refractivity contribution in [3.05, 3.63) is 65.6 Å². The molecule has 0 aliphatic carbocycles. The van der Waals surface area contributed by atoms with Crippen LogP contribution >= 0.6 is 11.3 Å². The molecule has 0 radical (unpaired) electrons. The van der Waals surface area contributed by atoms with Crippen molar-refractivity contribution in [2.75, 3.05) is 19.5 Å². The Hall–Kier alpha value is -3.12. The van der Waals surface area contributed by atoms with E-state index >= 15 is 0 Å². The van der Waals surface area contributed by atoms with Crippen LogP contribution in [0.4, 0.5) is 5.13 Å². The molecule has 0 aliphatic heterocycles. The van der Waals surface area contributed by atoms with E-state index < -0.39 is 0 Å². The molecule has 26 heavy (non-hydrogen) atoms. The second-order valence-corrected chi connectivity index (χ2v) is 6.22. The van der Waals surface area contributed by atoms with Crippen molar-refractivity contribution in [2.45, 2.75) is 0 Å². The SMILES string of the molecule is COc1ccc(/C=C/C(=O)Nc2nc(-c3cccc(OC)c3)cs2)cc1. The fraction of sp³-hybridized carbons (Fsp3) is 0.100. The molecule has 1 heterocycles. The molecule has 0 atom stereocenters. The molecule has 5 nitrogen and oxygen atoms in total. The van der Waals surface area contributed by atoms with Crippen LogP contribution in [0.15, 0.2) is 60.0 Å². The van der Waals surface area contributed by atoms with Crippen molar-refractivity contribution in [1.82, 2.24) is 4.98 Å². The summed E-state index contributed by atoms with van der Waals surface area (Å²) in [5, 5.41) is 5.23. The Morgan fingerprint density at radius 1 is 1.08 bits per heavy atom. The second-order valence-electron chi connectivity index (χ2n) is 5.37. The lowest BCUT2D eigenvalue weighted by Crippen LogP contribution is -2.07. The zero-order chi connectivity index (χ0) is 18.4. The molecular weight excluding hydrogens is 348 g/mol. The summed E-state index contributed by atoms with van der Waals surface area (Å²) in [6.45, 7) is 0. The highest BCUT2D eigenvalue weighted by Gasteiger charge is 2.07. The number of anilines is 1. The number of hydrogen-bond donors (Lipinski definition) is 1. The number of carbonyl (C=O) groups excluding carboxylic acids is 1. The summed E-state index contributed by atoms with van der Waals surface area (Å²) in [6, 6.07) is 15.1. The Labute approximate surface area is 155 Å². The zero-order valence-electron chi connectivity index (χ0n) is 14.4. The molecule has 2 aromatic carbocycles. The zero-order valence-corrected chi connectivity index (χ0v) is 15.2. The van der Waals surface area contributed by atoms with E-state index in [-0.39, 0.29) is 5.91 Å². The van der Waals surface area contributed by atoms with E-state index in [9.17, 15) is 4.79 Å². The van der Waals surface area contributed by atoms with Gasteiger partial charge in [-0.1, -0.05) is 24.3 Å². The van der Waals surface area contributed by atoms with Crippen LogP contribution < -0.4 is 14.8 Å². The smallest absolute Gasteiger partial charge is 0.250 e. The second kappa shape index (κ2) is 8.31. The standard InChI is InChI=1S/C20H18N2O3S/c1-24-16-9-6-14(7-10-16)8-11-19(23)22-20-21-18(13-26-20)15-4-3-5-17(12-15)25-2/h3-13H,1-2H3,(H,21,22,23)/b11-8+. The van der Waals surface area contributed by atoms with E-state index in [0.717, 1.165) is 28.3 Å². The molecule has 0 unspecified atom stereocenters.